The van der Waals surface area contributed by atoms with Gasteiger partial charge in [0.25, 0.3) is 0 Å². The molecule has 2 aromatic heterocycles. The van der Waals surface area contributed by atoms with Crippen LogP contribution in [0.4, 0.5) is 0 Å². The monoisotopic (exact) mass is 267 g/mol. The summed E-state index contributed by atoms with van der Waals surface area (Å²) < 4.78 is 6.10. The van der Waals surface area contributed by atoms with E-state index in [1.54, 1.807) is 6.33 Å². The molecule has 1 aliphatic rings. The summed E-state index contributed by atoms with van der Waals surface area (Å²) >= 11 is 0. The highest BCUT2D eigenvalue weighted by atomic mass is 16.3. The molecule has 0 radical (unpaired) electrons. The number of hydrogen-bond donors (Lipinski definition) is 2. The Labute approximate surface area is 117 Å². The number of aromatic nitrogens is 2. The van der Waals surface area contributed by atoms with Gasteiger partial charge in [-0.2, -0.15) is 0 Å². The van der Waals surface area contributed by atoms with Gasteiger partial charge < -0.3 is 14.7 Å². The van der Waals surface area contributed by atoms with Gasteiger partial charge in [-0.1, -0.05) is 11.6 Å². The zero-order valence-electron chi connectivity index (χ0n) is 11.7. The fourth-order valence-electron chi connectivity index (χ4n) is 3.06. The molecule has 0 saturated heterocycles. The lowest BCUT2D eigenvalue weighted by Crippen LogP contribution is -2.30. The lowest BCUT2D eigenvalue weighted by Gasteiger charge is -2.21. The Morgan fingerprint density at radius 1 is 1.30 bits per heavy atom. The topological polar surface area (TPSA) is 53.9 Å². The number of hydrogen-bond acceptors (Lipinski definition) is 3. The van der Waals surface area contributed by atoms with Crippen molar-refractivity contribution >= 4 is 11.0 Å². The molecule has 0 unspecified atom stereocenters. The van der Waals surface area contributed by atoms with E-state index in [0.29, 0.717) is 0 Å². The lowest BCUT2D eigenvalue weighted by molar-refractivity contribution is 0.446. The van der Waals surface area contributed by atoms with Gasteiger partial charge in [0, 0.05) is 29.6 Å². The normalized spacial score (nSPS) is 18.4. The summed E-state index contributed by atoms with van der Waals surface area (Å²) in [6.45, 7) is 5.18. The smallest absolute Gasteiger partial charge is 0.134 e. The van der Waals surface area contributed by atoms with Crippen LogP contribution in [0.3, 0.4) is 0 Å². The number of furan rings is 1. The van der Waals surface area contributed by atoms with E-state index in [2.05, 4.69) is 47.3 Å². The Balaban J connectivity index is 1.90. The van der Waals surface area contributed by atoms with Crippen LogP contribution in [0.25, 0.3) is 11.0 Å². The third kappa shape index (κ3) is 1.61. The molecule has 0 spiro atoms. The molecule has 3 heterocycles. The Bertz CT molecular complexity index is 784. The molecule has 1 atom stereocenters. The van der Waals surface area contributed by atoms with Crippen LogP contribution in [-0.4, -0.2) is 16.5 Å². The summed E-state index contributed by atoms with van der Waals surface area (Å²) in [5.74, 6) is 0.985. The van der Waals surface area contributed by atoms with Crippen LogP contribution in [0.15, 0.2) is 28.9 Å². The fraction of sp³-hybridized carbons (Fsp3) is 0.312. The van der Waals surface area contributed by atoms with E-state index in [9.17, 15) is 0 Å². The van der Waals surface area contributed by atoms with Crippen LogP contribution in [0, 0.1) is 13.8 Å². The predicted octanol–water partition coefficient (Wildman–Crippen LogP) is 3.01. The molecule has 3 aromatic rings. The van der Waals surface area contributed by atoms with Gasteiger partial charge in [0.15, 0.2) is 0 Å². The van der Waals surface area contributed by atoms with Crippen molar-refractivity contribution in [2.75, 3.05) is 6.54 Å². The largest absolute Gasteiger partial charge is 0.459 e. The highest BCUT2D eigenvalue weighted by Gasteiger charge is 2.28. The molecule has 102 valence electrons. The minimum atomic E-state index is 0.0534. The average Bonchev–Trinajstić information content (AvgIpc) is 3.04. The maximum absolute atomic E-state index is 6.10. The van der Waals surface area contributed by atoms with E-state index in [1.807, 2.05) is 0 Å². The van der Waals surface area contributed by atoms with E-state index in [-0.39, 0.29) is 6.04 Å². The number of aryl methyl sites for hydroxylation is 2. The highest BCUT2D eigenvalue weighted by Crippen LogP contribution is 2.34. The minimum absolute atomic E-state index is 0.0534. The van der Waals surface area contributed by atoms with Gasteiger partial charge in [0.05, 0.1) is 12.0 Å². The van der Waals surface area contributed by atoms with Gasteiger partial charge in [-0.05, 0) is 26.0 Å². The number of H-pyrrole nitrogens is 1. The maximum atomic E-state index is 6.10. The Kier molecular flexibility index (Phi) is 2.47. The minimum Gasteiger partial charge on any atom is -0.459 e. The van der Waals surface area contributed by atoms with Crippen LogP contribution in [0.2, 0.25) is 0 Å². The quantitative estimate of drug-likeness (QED) is 0.712. The van der Waals surface area contributed by atoms with E-state index >= 15 is 0 Å². The summed E-state index contributed by atoms with van der Waals surface area (Å²) in [6, 6.07) is 6.38. The van der Waals surface area contributed by atoms with Crippen molar-refractivity contribution in [2.24, 2.45) is 0 Å². The molecular weight excluding hydrogens is 250 g/mol. The summed E-state index contributed by atoms with van der Waals surface area (Å²) in [4.78, 5) is 7.69. The van der Waals surface area contributed by atoms with Crippen molar-refractivity contribution in [3.8, 4) is 0 Å². The molecule has 2 N–H and O–H groups in total. The van der Waals surface area contributed by atoms with Crippen molar-refractivity contribution in [1.29, 1.82) is 0 Å². The first-order valence-electron chi connectivity index (χ1n) is 6.99. The number of fused-ring (bicyclic) bond motifs is 2. The lowest BCUT2D eigenvalue weighted by atomic mass is 10.00. The molecule has 0 saturated carbocycles. The Morgan fingerprint density at radius 3 is 3.10 bits per heavy atom. The van der Waals surface area contributed by atoms with Crippen LogP contribution >= 0.6 is 0 Å². The number of nitrogens with zero attached hydrogens (tertiary/aromatic N) is 1. The van der Waals surface area contributed by atoms with Crippen molar-refractivity contribution in [2.45, 2.75) is 26.3 Å². The first-order chi connectivity index (χ1) is 9.74. The third-order valence-corrected chi connectivity index (χ3v) is 4.14. The number of imidazole rings is 1. The highest BCUT2D eigenvalue weighted by molar-refractivity contribution is 5.83. The summed E-state index contributed by atoms with van der Waals surface area (Å²) in [5, 5.41) is 4.72. The van der Waals surface area contributed by atoms with Crippen LogP contribution in [-0.2, 0) is 6.42 Å². The predicted molar refractivity (Wildman–Crippen MR) is 77.8 cm³/mol. The Hall–Kier alpha value is -2.07. The van der Waals surface area contributed by atoms with Crippen LogP contribution in [0.1, 0.15) is 34.3 Å². The van der Waals surface area contributed by atoms with Gasteiger partial charge in [-0.15, -0.1) is 0 Å². The number of rotatable bonds is 1. The molecule has 4 nitrogen and oxygen atoms in total. The van der Waals surface area contributed by atoms with Crippen molar-refractivity contribution in [1.82, 2.24) is 15.3 Å². The van der Waals surface area contributed by atoms with Gasteiger partial charge in [-0.25, -0.2) is 4.98 Å². The number of aromatic amines is 1. The van der Waals surface area contributed by atoms with Crippen molar-refractivity contribution in [3.63, 3.8) is 0 Å². The van der Waals surface area contributed by atoms with E-state index in [0.717, 1.165) is 30.0 Å². The molecule has 0 fully saturated rings. The SMILES string of the molecule is Cc1ccc2oc([C@@H]3NCCc4[nH]cnc43)c(C)c2c1. The third-order valence-electron chi connectivity index (χ3n) is 4.14. The van der Waals surface area contributed by atoms with E-state index in [1.165, 1.54) is 22.2 Å². The molecule has 4 rings (SSSR count). The molecule has 0 aliphatic carbocycles. The van der Waals surface area contributed by atoms with Gasteiger partial charge in [0.2, 0.25) is 0 Å². The zero-order chi connectivity index (χ0) is 13.7. The van der Waals surface area contributed by atoms with Crippen molar-refractivity contribution in [3.05, 3.63) is 52.8 Å². The van der Waals surface area contributed by atoms with Crippen molar-refractivity contribution < 1.29 is 4.42 Å². The number of benzene rings is 1. The average molecular weight is 267 g/mol. The van der Waals surface area contributed by atoms with E-state index < -0.39 is 0 Å². The maximum Gasteiger partial charge on any atom is 0.134 e. The molecule has 4 heteroatoms. The molecule has 0 amide bonds. The first-order valence-corrected chi connectivity index (χ1v) is 6.99. The summed E-state index contributed by atoms with van der Waals surface area (Å²) in [6.07, 6.45) is 2.76. The first kappa shape index (κ1) is 11.7. The summed E-state index contributed by atoms with van der Waals surface area (Å²) in [7, 11) is 0. The second-order valence-corrected chi connectivity index (χ2v) is 5.49. The number of nitrogens with one attached hydrogen (secondary N) is 2. The van der Waals surface area contributed by atoms with Crippen LogP contribution < -0.4 is 5.32 Å². The standard InChI is InChI=1S/C16H17N3O/c1-9-3-4-13-11(7-9)10(2)16(20-13)15-14-12(5-6-17-15)18-8-19-14/h3-4,7-8,15,17H,5-6H2,1-2H3,(H,18,19)/t15-/m1/s1. The molecule has 1 aliphatic heterocycles. The molecular formula is C16H17N3O. The second-order valence-electron chi connectivity index (χ2n) is 5.49. The fourth-order valence-corrected chi connectivity index (χ4v) is 3.06. The van der Waals surface area contributed by atoms with Crippen LogP contribution in [0.5, 0.6) is 0 Å². The molecule has 1 aromatic carbocycles. The van der Waals surface area contributed by atoms with Gasteiger partial charge in [-0.3, -0.25) is 0 Å². The Morgan fingerprint density at radius 2 is 2.20 bits per heavy atom. The summed E-state index contributed by atoms with van der Waals surface area (Å²) in [5.41, 5.74) is 5.69. The van der Waals surface area contributed by atoms with Gasteiger partial charge >= 0.3 is 0 Å². The zero-order valence-corrected chi connectivity index (χ0v) is 11.7. The molecule has 20 heavy (non-hydrogen) atoms. The van der Waals surface area contributed by atoms with E-state index in [4.69, 9.17) is 4.42 Å². The second kappa shape index (κ2) is 4.21. The molecule has 0 bridgehead atoms. The van der Waals surface area contributed by atoms with Gasteiger partial charge in [0.1, 0.15) is 17.4 Å².